The summed E-state index contributed by atoms with van der Waals surface area (Å²) in [5, 5.41) is 10.7. The lowest BCUT2D eigenvalue weighted by Crippen LogP contribution is -2.26. The molecule has 1 aliphatic rings. The Balaban J connectivity index is 1.83. The van der Waals surface area contributed by atoms with Crippen molar-refractivity contribution in [1.29, 1.82) is 0 Å². The molecule has 1 atom stereocenters. The van der Waals surface area contributed by atoms with Gasteiger partial charge in [-0.1, -0.05) is 44.0 Å². The SMILES string of the molecule is CC(C)(C)C1CCc2c(sc3nc(-c4cc(Cl)c(O)c(Cl)c4)[nH]c(=O)c23)C1. The van der Waals surface area contributed by atoms with Crippen LogP contribution < -0.4 is 5.56 Å². The fraction of sp³-hybridized carbons (Fsp3) is 0.400. The van der Waals surface area contributed by atoms with Crippen molar-refractivity contribution in [2.45, 2.75) is 40.0 Å². The normalized spacial score (nSPS) is 17.3. The number of phenolic OH excluding ortho intramolecular Hbond substituents is 1. The Hall–Kier alpha value is -1.56. The van der Waals surface area contributed by atoms with Gasteiger partial charge in [0.15, 0.2) is 5.75 Å². The number of aromatic amines is 1. The van der Waals surface area contributed by atoms with E-state index >= 15 is 0 Å². The van der Waals surface area contributed by atoms with E-state index in [0.717, 1.165) is 29.7 Å². The molecule has 0 spiro atoms. The van der Waals surface area contributed by atoms with Crippen LogP contribution in [0.2, 0.25) is 10.0 Å². The zero-order valence-corrected chi connectivity index (χ0v) is 17.6. The molecule has 2 aromatic heterocycles. The molecule has 2 N–H and O–H groups in total. The van der Waals surface area contributed by atoms with Crippen molar-refractivity contribution in [2.75, 3.05) is 0 Å². The Labute approximate surface area is 171 Å². The second-order valence-electron chi connectivity index (χ2n) is 8.19. The topological polar surface area (TPSA) is 66.0 Å². The number of fused-ring (bicyclic) bond motifs is 3. The number of H-pyrrole nitrogens is 1. The van der Waals surface area contributed by atoms with Crippen LogP contribution in [0, 0.1) is 11.3 Å². The minimum absolute atomic E-state index is 0.124. The van der Waals surface area contributed by atoms with Crippen molar-refractivity contribution in [3.63, 3.8) is 0 Å². The van der Waals surface area contributed by atoms with Gasteiger partial charge in [0.2, 0.25) is 0 Å². The summed E-state index contributed by atoms with van der Waals surface area (Å²) in [5.41, 5.74) is 1.83. The first-order chi connectivity index (χ1) is 12.6. The maximum atomic E-state index is 12.8. The van der Waals surface area contributed by atoms with E-state index in [0.29, 0.717) is 22.7 Å². The maximum absolute atomic E-state index is 12.8. The number of aromatic hydroxyl groups is 1. The Bertz CT molecular complexity index is 1090. The molecule has 1 aliphatic carbocycles. The number of halogens is 2. The van der Waals surface area contributed by atoms with Gasteiger partial charge in [0.05, 0.1) is 15.4 Å². The molecule has 0 aliphatic heterocycles. The second-order valence-corrected chi connectivity index (χ2v) is 10.1. The van der Waals surface area contributed by atoms with Crippen LogP contribution in [0.3, 0.4) is 0 Å². The summed E-state index contributed by atoms with van der Waals surface area (Å²) in [4.78, 5) is 22.4. The van der Waals surface area contributed by atoms with Crippen LogP contribution in [-0.4, -0.2) is 15.1 Å². The molecule has 4 nitrogen and oxygen atoms in total. The van der Waals surface area contributed by atoms with Gasteiger partial charge in [-0.15, -0.1) is 11.3 Å². The number of rotatable bonds is 1. The van der Waals surface area contributed by atoms with Crippen LogP contribution in [0.1, 0.15) is 37.6 Å². The Morgan fingerprint density at radius 1 is 1.26 bits per heavy atom. The van der Waals surface area contributed by atoms with Crippen LogP contribution in [0.15, 0.2) is 16.9 Å². The molecule has 3 aromatic rings. The van der Waals surface area contributed by atoms with E-state index in [-0.39, 0.29) is 26.8 Å². The predicted molar refractivity (Wildman–Crippen MR) is 112 cm³/mol. The number of benzene rings is 1. The molecule has 1 aromatic carbocycles. The lowest BCUT2D eigenvalue weighted by molar-refractivity contribution is 0.218. The standard InChI is InChI=1S/C20H20Cl2N2O2S/c1-20(2,3)10-4-5-11-14(8-10)27-19-15(11)18(26)23-17(24-19)9-6-12(21)16(25)13(22)7-9/h6-7,10,25H,4-5,8H2,1-3H3,(H,23,24,26). The summed E-state index contributed by atoms with van der Waals surface area (Å²) in [6, 6.07) is 3.10. The van der Waals surface area contributed by atoms with Gasteiger partial charge in [-0.25, -0.2) is 4.98 Å². The zero-order chi connectivity index (χ0) is 19.5. The van der Waals surface area contributed by atoms with E-state index in [2.05, 4.69) is 30.7 Å². The molecular weight excluding hydrogens is 403 g/mol. The summed E-state index contributed by atoms with van der Waals surface area (Å²) in [7, 11) is 0. The quantitative estimate of drug-likeness (QED) is 0.519. The van der Waals surface area contributed by atoms with Crippen molar-refractivity contribution < 1.29 is 5.11 Å². The third-order valence-corrected chi connectivity index (χ3v) is 7.16. The van der Waals surface area contributed by atoms with E-state index < -0.39 is 0 Å². The Morgan fingerprint density at radius 3 is 2.56 bits per heavy atom. The van der Waals surface area contributed by atoms with Crippen molar-refractivity contribution >= 4 is 44.8 Å². The molecule has 0 saturated carbocycles. The van der Waals surface area contributed by atoms with Gasteiger partial charge in [-0.3, -0.25) is 4.79 Å². The van der Waals surface area contributed by atoms with Gasteiger partial charge in [0.1, 0.15) is 10.7 Å². The summed E-state index contributed by atoms with van der Waals surface area (Å²) in [6.07, 6.45) is 3.00. The minimum Gasteiger partial charge on any atom is -0.505 e. The summed E-state index contributed by atoms with van der Waals surface area (Å²) < 4.78 is 0. The number of hydrogen-bond donors (Lipinski definition) is 2. The molecule has 0 saturated heterocycles. The van der Waals surface area contributed by atoms with Gasteiger partial charge < -0.3 is 10.1 Å². The van der Waals surface area contributed by atoms with Gasteiger partial charge >= 0.3 is 0 Å². The molecule has 4 rings (SSSR count). The maximum Gasteiger partial charge on any atom is 0.260 e. The molecule has 27 heavy (non-hydrogen) atoms. The van der Waals surface area contributed by atoms with Crippen molar-refractivity contribution in [3.8, 4) is 17.1 Å². The molecule has 0 amide bonds. The summed E-state index contributed by atoms with van der Waals surface area (Å²) >= 11 is 13.6. The highest BCUT2D eigenvalue weighted by atomic mass is 35.5. The number of aryl methyl sites for hydroxylation is 1. The highest BCUT2D eigenvalue weighted by Crippen LogP contribution is 2.42. The number of thiophene rings is 1. The number of nitrogens with zero attached hydrogens (tertiary/aromatic N) is 1. The number of nitrogens with one attached hydrogen (secondary N) is 1. The first-order valence-electron chi connectivity index (χ1n) is 8.88. The molecule has 7 heteroatoms. The highest BCUT2D eigenvalue weighted by Gasteiger charge is 2.31. The highest BCUT2D eigenvalue weighted by molar-refractivity contribution is 7.18. The van der Waals surface area contributed by atoms with E-state index in [1.54, 1.807) is 23.5 Å². The van der Waals surface area contributed by atoms with Crippen molar-refractivity contribution in [1.82, 2.24) is 9.97 Å². The molecule has 142 valence electrons. The first-order valence-corrected chi connectivity index (χ1v) is 10.5. The van der Waals surface area contributed by atoms with Crippen LogP contribution >= 0.6 is 34.5 Å². The van der Waals surface area contributed by atoms with Crippen LogP contribution in [0.5, 0.6) is 5.75 Å². The van der Waals surface area contributed by atoms with Gasteiger partial charge in [-0.05, 0) is 48.3 Å². The first kappa shape index (κ1) is 18.8. The molecule has 1 unspecified atom stereocenters. The average molecular weight is 423 g/mol. The summed E-state index contributed by atoms with van der Waals surface area (Å²) in [5.74, 6) is 0.832. The van der Waals surface area contributed by atoms with E-state index in [4.69, 9.17) is 23.2 Å². The monoisotopic (exact) mass is 422 g/mol. The third-order valence-electron chi connectivity index (χ3n) is 5.43. The van der Waals surface area contributed by atoms with Gasteiger partial charge in [0, 0.05) is 10.4 Å². The summed E-state index contributed by atoms with van der Waals surface area (Å²) in [6.45, 7) is 6.83. The van der Waals surface area contributed by atoms with E-state index in [9.17, 15) is 9.90 Å². The van der Waals surface area contributed by atoms with E-state index in [1.807, 2.05) is 0 Å². The van der Waals surface area contributed by atoms with Crippen LogP contribution in [-0.2, 0) is 12.8 Å². The number of aromatic nitrogens is 2. The van der Waals surface area contributed by atoms with Crippen molar-refractivity contribution in [3.05, 3.63) is 43.0 Å². The molecule has 0 radical (unpaired) electrons. The zero-order valence-electron chi connectivity index (χ0n) is 15.3. The molecule has 0 fully saturated rings. The average Bonchev–Trinajstić information content (AvgIpc) is 2.96. The van der Waals surface area contributed by atoms with E-state index in [1.165, 1.54) is 4.88 Å². The Kier molecular flexibility index (Phi) is 4.53. The molecule has 2 heterocycles. The third kappa shape index (κ3) is 3.26. The minimum atomic E-state index is -0.176. The lowest BCUT2D eigenvalue weighted by atomic mass is 9.72. The largest absolute Gasteiger partial charge is 0.505 e. The lowest BCUT2D eigenvalue weighted by Gasteiger charge is -2.33. The molecule has 0 bridgehead atoms. The fourth-order valence-electron chi connectivity index (χ4n) is 3.76. The fourth-order valence-corrected chi connectivity index (χ4v) is 5.55. The van der Waals surface area contributed by atoms with Crippen LogP contribution in [0.25, 0.3) is 21.6 Å². The van der Waals surface area contributed by atoms with Gasteiger partial charge in [0.25, 0.3) is 5.56 Å². The molecular formula is C20H20Cl2N2O2S. The Morgan fingerprint density at radius 2 is 1.93 bits per heavy atom. The number of phenols is 1. The van der Waals surface area contributed by atoms with Crippen LogP contribution in [0.4, 0.5) is 0 Å². The second kappa shape index (κ2) is 6.50. The van der Waals surface area contributed by atoms with Gasteiger partial charge in [-0.2, -0.15) is 0 Å². The van der Waals surface area contributed by atoms with Crippen molar-refractivity contribution in [2.24, 2.45) is 11.3 Å². The smallest absolute Gasteiger partial charge is 0.260 e. The number of hydrogen-bond acceptors (Lipinski definition) is 4. The predicted octanol–water partition coefficient (Wildman–Crippen LogP) is 5.82.